The summed E-state index contributed by atoms with van der Waals surface area (Å²) in [5.41, 5.74) is 0. The van der Waals surface area contributed by atoms with Gasteiger partial charge in [0.05, 0.1) is 12.5 Å². The molecule has 0 fully saturated rings. The van der Waals surface area contributed by atoms with Crippen molar-refractivity contribution >= 4 is 79.7 Å². The van der Waals surface area contributed by atoms with E-state index in [9.17, 15) is 9.59 Å². The number of ether oxygens (including phenoxy) is 2. The highest BCUT2D eigenvalue weighted by atomic mass is 28.5. The molecule has 0 aromatic rings. The molecule has 0 aliphatic heterocycles. The van der Waals surface area contributed by atoms with Crippen molar-refractivity contribution in [3.8, 4) is 0 Å². The molecule has 0 aromatic heterocycles. The number of hydrogen-bond acceptors (Lipinski definition) is 10. The van der Waals surface area contributed by atoms with Crippen molar-refractivity contribution in [1.82, 2.24) is 10.6 Å². The fourth-order valence-electron chi connectivity index (χ4n) is 4.46. The maximum Gasteiger partial charge on any atom is 0.469 e. The van der Waals surface area contributed by atoms with Gasteiger partial charge in [-0.1, -0.05) is 13.2 Å². The predicted octanol–water partition coefficient (Wildman–Crippen LogP) is 10.3. The van der Waals surface area contributed by atoms with Gasteiger partial charge in [0.15, 0.2) is 49.9 Å². The zero-order valence-electron chi connectivity index (χ0n) is 36.3. The minimum Gasteiger partial charge on any atom is -0.419 e. The van der Waals surface area contributed by atoms with Gasteiger partial charge in [0, 0.05) is 25.2 Å². The predicted molar refractivity (Wildman–Crippen MR) is 238 cm³/mol. The third-order valence-electron chi connectivity index (χ3n) is 5.01. The molecule has 52 heavy (non-hydrogen) atoms. The number of carbonyl (C=O) groups is 2. The molecule has 0 saturated carbocycles. The smallest absolute Gasteiger partial charge is 0.419 e. The Kier molecular flexibility index (Phi) is 25.7. The first kappa shape index (κ1) is 55.6. The second-order valence-electron chi connectivity index (χ2n) is 17.9. The van der Waals surface area contributed by atoms with Gasteiger partial charge in [0.1, 0.15) is 0 Å². The first-order valence-corrected chi connectivity index (χ1v) is 42.3. The average Bonchev–Trinajstić information content (AvgIpc) is 2.85. The molecular weight excluding hydrogens is 797 g/mol. The fourth-order valence-corrected chi connectivity index (χ4v) is 33.8. The summed E-state index contributed by atoms with van der Waals surface area (Å²) in [5, 5.41) is 5.40. The molecule has 12 nitrogen and oxygen atoms in total. The van der Waals surface area contributed by atoms with Crippen LogP contribution in [0.15, 0.2) is 38.8 Å². The summed E-state index contributed by atoms with van der Waals surface area (Å²) < 4.78 is 48.8. The van der Waals surface area contributed by atoms with E-state index in [4.69, 9.17) is 24.7 Å². The molecule has 0 aromatic carbocycles. The Labute approximate surface area is 327 Å². The third kappa shape index (κ3) is 35.0. The number of nitrogens with one attached hydrogen (secondary N) is 2. The Balaban J connectivity index is -0.000000881. The van der Waals surface area contributed by atoms with Crippen molar-refractivity contribution in [3.63, 3.8) is 0 Å². The van der Waals surface area contributed by atoms with Gasteiger partial charge < -0.3 is 44.8 Å². The second kappa shape index (κ2) is 24.0. The van der Waals surface area contributed by atoms with Gasteiger partial charge in [-0.05, 0) is 131 Å². The van der Waals surface area contributed by atoms with Gasteiger partial charge >= 0.3 is 29.8 Å². The molecule has 0 bridgehead atoms. The van der Waals surface area contributed by atoms with E-state index in [1.54, 1.807) is 0 Å². The minimum absolute atomic E-state index is 0.487. The maximum atomic E-state index is 11.4. The fraction of sp³-hybridized carbons (Fsp3) is 0.750. The summed E-state index contributed by atoms with van der Waals surface area (Å²) in [4.78, 5) is 22.8. The molecule has 0 radical (unpaired) electrons. The molecule has 308 valence electrons. The van der Waals surface area contributed by atoms with Crippen LogP contribution in [0, 0.1) is 0 Å². The lowest BCUT2D eigenvalue weighted by atomic mass is 10.5. The Morgan fingerprint density at radius 1 is 0.442 bits per heavy atom. The average molecular weight is 876 g/mol. The number of hydrogen-bond donors (Lipinski definition) is 2. The van der Waals surface area contributed by atoms with E-state index in [1.165, 1.54) is 0 Å². The van der Waals surface area contributed by atoms with Crippen LogP contribution in [-0.2, 0) is 34.2 Å². The van der Waals surface area contributed by atoms with E-state index in [1.807, 2.05) is 0 Å². The summed E-state index contributed by atoms with van der Waals surface area (Å²) >= 11 is 0. The van der Waals surface area contributed by atoms with Crippen LogP contribution in [0.25, 0.3) is 0 Å². The Bertz CT molecular complexity index is 899. The quantitative estimate of drug-likeness (QED) is 0.0469. The number of rotatable bonds is 22. The van der Waals surface area contributed by atoms with Crippen molar-refractivity contribution in [3.05, 3.63) is 38.8 Å². The Hall–Kier alpha value is -0.745. The highest BCUT2D eigenvalue weighted by Gasteiger charge is 2.50. The van der Waals surface area contributed by atoms with E-state index < -0.39 is 79.7 Å². The largest absolute Gasteiger partial charge is 0.469 e. The monoisotopic (exact) mass is 874 g/mol. The Morgan fingerprint density at radius 2 is 0.635 bits per heavy atom. The van der Waals surface area contributed by atoms with Crippen LogP contribution in [0.3, 0.4) is 0 Å². The summed E-state index contributed by atoms with van der Waals surface area (Å²) in [6.07, 6.45) is 2.68. The molecule has 0 rings (SSSR count). The van der Waals surface area contributed by atoms with E-state index in [0.717, 1.165) is 25.4 Å². The zero-order valence-corrected chi connectivity index (χ0v) is 44.3. The van der Waals surface area contributed by atoms with Gasteiger partial charge in [-0.3, -0.25) is 0 Å². The molecular formula is C32H78N2O10Si8. The number of carbonyl (C=O) groups excluding carboxylic acids is 2. The van der Waals surface area contributed by atoms with E-state index >= 15 is 0 Å². The molecule has 2 N–H and O–H groups in total. The van der Waals surface area contributed by atoms with E-state index in [2.05, 4.69) is 164 Å². The molecule has 0 atom stereocenters. The van der Waals surface area contributed by atoms with E-state index in [0.29, 0.717) is 25.2 Å². The van der Waals surface area contributed by atoms with Gasteiger partial charge in [-0.15, -0.1) is 13.2 Å². The van der Waals surface area contributed by atoms with Crippen LogP contribution in [0.2, 0.25) is 130 Å². The van der Waals surface area contributed by atoms with Crippen LogP contribution in [0.5, 0.6) is 0 Å². The molecule has 0 heterocycles. The van der Waals surface area contributed by atoms with Crippen molar-refractivity contribution in [1.29, 1.82) is 0 Å². The van der Waals surface area contributed by atoms with Gasteiger partial charge in [0.25, 0.3) is 0 Å². The summed E-state index contributed by atoms with van der Waals surface area (Å²) in [5.74, 6) is 0. The van der Waals surface area contributed by atoms with Gasteiger partial charge in [-0.25, -0.2) is 9.59 Å². The zero-order chi connectivity index (χ0) is 41.9. The lowest BCUT2D eigenvalue weighted by Gasteiger charge is -2.43. The van der Waals surface area contributed by atoms with Crippen molar-refractivity contribution in [2.24, 2.45) is 0 Å². The molecule has 20 heteroatoms. The first-order chi connectivity index (χ1) is 23.2. The van der Waals surface area contributed by atoms with Crippen LogP contribution in [0.4, 0.5) is 9.59 Å². The van der Waals surface area contributed by atoms with Gasteiger partial charge in [-0.2, -0.15) is 0 Å². The first-order valence-electron chi connectivity index (χ1n) is 18.0. The standard InChI is InChI=1S/2C15H37NO5Si4.C2H4/c2*1-11-18-15(17)16-13-12-14-25(19-22(2,3)4,20-23(5,6)7)21-24(8,9)10;1-2/h2*11H,1,12-14H2,2-10H3,(H,16,17);1-2H2. The van der Waals surface area contributed by atoms with Crippen LogP contribution in [0.1, 0.15) is 12.8 Å². The van der Waals surface area contributed by atoms with E-state index in [-0.39, 0.29) is 0 Å². The highest BCUT2D eigenvalue weighted by Crippen LogP contribution is 2.31. The Morgan fingerprint density at radius 3 is 0.788 bits per heavy atom. The molecule has 0 saturated heterocycles. The topological polar surface area (TPSA) is 132 Å². The SMILES string of the molecule is C=C.C=COC(=O)NCCC[Si](O[Si](C)(C)C)(O[Si](C)(C)C)O[Si](C)(C)C.C=COC(=O)NCCC[Si](O[Si](C)(C)C)(O[Si](C)(C)C)O[Si](C)(C)C. The highest BCUT2D eigenvalue weighted by molar-refractivity contribution is 6.91. The second-order valence-corrected chi connectivity index (χ2v) is 51.8. The lowest BCUT2D eigenvalue weighted by molar-refractivity contribution is 0.184. The molecule has 2 amide bonds. The molecule has 0 aliphatic rings. The van der Waals surface area contributed by atoms with Crippen LogP contribution >= 0.6 is 0 Å². The van der Waals surface area contributed by atoms with Crippen molar-refractivity contribution < 1.29 is 43.8 Å². The molecule has 0 spiro atoms. The molecule has 0 aliphatic carbocycles. The van der Waals surface area contributed by atoms with Gasteiger partial charge in [0.2, 0.25) is 0 Å². The maximum absolute atomic E-state index is 11.4. The van der Waals surface area contributed by atoms with Crippen molar-refractivity contribution in [2.75, 3.05) is 13.1 Å². The van der Waals surface area contributed by atoms with Crippen molar-refractivity contribution in [2.45, 2.75) is 143 Å². The number of amides is 2. The minimum atomic E-state index is -2.82. The lowest BCUT2D eigenvalue weighted by Crippen LogP contribution is -2.60. The molecule has 0 unspecified atom stereocenters. The summed E-state index contributed by atoms with van der Waals surface area (Å²) in [7, 11) is -16.8. The summed E-state index contributed by atoms with van der Waals surface area (Å²) in [6.45, 7) is 52.6. The van der Waals surface area contributed by atoms with Crippen LogP contribution < -0.4 is 10.6 Å². The van der Waals surface area contributed by atoms with Crippen LogP contribution in [-0.4, -0.2) is 92.8 Å². The number of alkyl carbamates (subject to hydrolysis) is 2. The third-order valence-corrected chi connectivity index (χ3v) is 29.1. The normalized spacial score (nSPS) is 13.0. The summed E-state index contributed by atoms with van der Waals surface area (Å²) in [6, 6.07) is 1.39.